The number of allylic oxidation sites excluding steroid dienone is 3. The van der Waals surface area contributed by atoms with Gasteiger partial charge in [-0.3, -0.25) is 4.79 Å². The van der Waals surface area contributed by atoms with E-state index in [1.807, 2.05) is 0 Å². The Labute approximate surface area is 70.2 Å². The van der Waals surface area contributed by atoms with E-state index < -0.39 is 6.55 Å². The zero-order valence-corrected chi connectivity index (χ0v) is 7.00. The lowest BCUT2D eigenvalue weighted by atomic mass is 10.3. The molecule has 12 heavy (non-hydrogen) atoms. The molecule has 0 aliphatic rings. The van der Waals surface area contributed by atoms with Crippen molar-refractivity contribution in [1.29, 1.82) is 0 Å². The van der Waals surface area contributed by atoms with Gasteiger partial charge in [0.25, 0.3) is 0 Å². The summed E-state index contributed by atoms with van der Waals surface area (Å²) in [4.78, 5) is 10.8. The van der Waals surface area contributed by atoms with Gasteiger partial charge >= 0.3 is 6.55 Å². The second kappa shape index (κ2) is 5.46. The maximum atomic E-state index is 11.8. The quantitative estimate of drug-likeness (QED) is 0.281. The van der Waals surface area contributed by atoms with Crippen LogP contribution in [0.2, 0.25) is 0 Å². The van der Waals surface area contributed by atoms with Crippen molar-refractivity contribution in [2.24, 2.45) is 0 Å². The van der Waals surface area contributed by atoms with E-state index in [2.05, 4.69) is 0 Å². The van der Waals surface area contributed by atoms with Gasteiger partial charge in [0.05, 0.1) is 0 Å². The van der Waals surface area contributed by atoms with Crippen LogP contribution in [-0.4, -0.2) is 24.8 Å². The Balaban J connectivity index is 3.99. The molecule has 0 fully saturated rings. The second-order valence-corrected chi connectivity index (χ2v) is 2.31. The van der Waals surface area contributed by atoms with Crippen molar-refractivity contribution < 1.29 is 13.6 Å². The first-order chi connectivity index (χ1) is 5.57. The first kappa shape index (κ1) is 10.8. The molecule has 0 saturated heterocycles. The maximum absolute atomic E-state index is 11.8. The first-order valence-corrected chi connectivity index (χ1v) is 3.38. The van der Waals surface area contributed by atoms with E-state index in [-0.39, 0.29) is 0 Å². The van der Waals surface area contributed by atoms with Crippen molar-refractivity contribution >= 4 is 6.29 Å². The van der Waals surface area contributed by atoms with Crippen molar-refractivity contribution in [1.82, 2.24) is 4.90 Å². The number of rotatable bonds is 4. The second-order valence-electron chi connectivity index (χ2n) is 2.31. The molecule has 2 nitrogen and oxygen atoms in total. The summed E-state index contributed by atoms with van der Waals surface area (Å²) in [5, 5.41) is 0. The molecule has 68 valence electrons. The van der Waals surface area contributed by atoms with Crippen LogP contribution in [0.25, 0.3) is 0 Å². The van der Waals surface area contributed by atoms with Crippen molar-refractivity contribution in [2.45, 2.75) is 13.5 Å². The molecule has 0 aliphatic carbocycles. The van der Waals surface area contributed by atoms with Crippen molar-refractivity contribution in [3.05, 3.63) is 23.9 Å². The molecule has 0 bridgehead atoms. The van der Waals surface area contributed by atoms with E-state index in [0.717, 1.165) is 4.90 Å². The van der Waals surface area contributed by atoms with Crippen LogP contribution in [0.5, 0.6) is 0 Å². The van der Waals surface area contributed by atoms with Crippen LogP contribution in [0, 0.1) is 0 Å². The van der Waals surface area contributed by atoms with Crippen molar-refractivity contribution in [2.75, 3.05) is 7.05 Å². The summed E-state index contributed by atoms with van der Waals surface area (Å²) < 4.78 is 23.6. The average molecular weight is 175 g/mol. The number of alkyl halides is 2. The third kappa shape index (κ3) is 4.60. The van der Waals surface area contributed by atoms with Gasteiger partial charge in [0.1, 0.15) is 6.29 Å². The van der Waals surface area contributed by atoms with E-state index in [0.29, 0.717) is 11.9 Å². The predicted molar refractivity (Wildman–Crippen MR) is 42.7 cm³/mol. The monoisotopic (exact) mass is 175 g/mol. The lowest BCUT2D eigenvalue weighted by Crippen LogP contribution is -2.16. The molecular weight excluding hydrogens is 164 g/mol. The van der Waals surface area contributed by atoms with Crippen LogP contribution in [-0.2, 0) is 4.79 Å². The van der Waals surface area contributed by atoms with E-state index in [1.165, 1.54) is 25.4 Å². The van der Waals surface area contributed by atoms with Crippen LogP contribution in [0.4, 0.5) is 8.78 Å². The molecule has 0 atom stereocenters. The lowest BCUT2D eigenvalue weighted by molar-refractivity contribution is -0.104. The minimum absolute atomic E-state index is 0.494. The molecule has 0 N–H and O–H groups in total. The highest BCUT2D eigenvalue weighted by atomic mass is 19.3. The molecule has 0 amide bonds. The summed E-state index contributed by atoms with van der Waals surface area (Å²) in [7, 11) is 1.26. The number of halogens is 2. The molecule has 0 aliphatic heterocycles. The van der Waals surface area contributed by atoms with Crippen LogP contribution >= 0.6 is 0 Å². The Bertz CT molecular complexity index is 199. The van der Waals surface area contributed by atoms with Crippen LogP contribution < -0.4 is 0 Å². The van der Waals surface area contributed by atoms with E-state index in [9.17, 15) is 13.6 Å². The van der Waals surface area contributed by atoms with Gasteiger partial charge in [-0.25, -0.2) is 0 Å². The Morgan fingerprint density at radius 2 is 2.08 bits per heavy atom. The Morgan fingerprint density at radius 1 is 1.50 bits per heavy atom. The maximum Gasteiger partial charge on any atom is 0.314 e. The highest BCUT2D eigenvalue weighted by Gasteiger charge is 2.03. The number of carbonyl (C=O) groups excluding carboxylic acids is 1. The SMILES string of the molecule is C/C(C=O)=C/C=C\N(C)C(F)F. The molecule has 0 unspecified atom stereocenters. The van der Waals surface area contributed by atoms with Gasteiger partial charge in [0.2, 0.25) is 0 Å². The van der Waals surface area contributed by atoms with Crippen LogP contribution in [0.1, 0.15) is 6.92 Å². The van der Waals surface area contributed by atoms with Gasteiger partial charge in [0, 0.05) is 13.2 Å². The van der Waals surface area contributed by atoms with Gasteiger partial charge in [-0.2, -0.15) is 8.78 Å². The van der Waals surface area contributed by atoms with Gasteiger partial charge in [-0.1, -0.05) is 6.08 Å². The van der Waals surface area contributed by atoms with Crippen molar-refractivity contribution in [3.63, 3.8) is 0 Å². The number of hydrogen-bond acceptors (Lipinski definition) is 2. The Hall–Kier alpha value is -1.19. The fourth-order valence-electron chi connectivity index (χ4n) is 0.435. The molecule has 0 aromatic carbocycles. The fourth-order valence-corrected chi connectivity index (χ4v) is 0.435. The minimum Gasteiger partial charge on any atom is -0.326 e. The van der Waals surface area contributed by atoms with Gasteiger partial charge in [-0.05, 0) is 18.6 Å². The third-order valence-electron chi connectivity index (χ3n) is 1.17. The third-order valence-corrected chi connectivity index (χ3v) is 1.17. The summed E-state index contributed by atoms with van der Waals surface area (Å²) in [5.74, 6) is 0. The number of nitrogens with zero attached hydrogens (tertiary/aromatic N) is 1. The molecule has 0 rings (SSSR count). The fraction of sp³-hybridized carbons (Fsp3) is 0.375. The minimum atomic E-state index is -2.51. The topological polar surface area (TPSA) is 20.3 Å². The molecule has 0 aromatic rings. The first-order valence-electron chi connectivity index (χ1n) is 3.38. The molecular formula is C8H11F2NO. The van der Waals surface area contributed by atoms with E-state index in [1.54, 1.807) is 6.92 Å². The number of aldehydes is 1. The average Bonchev–Trinajstić information content (AvgIpc) is 2.03. The highest BCUT2D eigenvalue weighted by molar-refractivity contribution is 5.72. The largest absolute Gasteiger partial charge is 0.326 e. The summed E-state index contributed by atoms with van der Waals surface area (Å²) in [6.45, 7) is -0.911. The standard InChI is InChI=1S/C8H11F2NO/c1-7(6-12)4-3-5-11(2)8(9)10/h3-6,8H,1-2H3/b5-3-,7-4-. The summed E-state index contributed by atoms with van der Waals surface area (Å²) in [6.07, 6.45) is 4.73. The molecule has 0 aromatic heterocycles. The number of hydrogen-bond donors (Lipinski definition) is 0. The van der Waals surface area contributed by atoms with E-state index in [4.69, 9.17) is 0 Å². The lowest BCUT2D eigenvalue weighted by Gasteiger charge is -2.10. The molecule has 0 saturated carbocycles. The Morgan fingerprint density at radius 3 is 2.50 bits per heavy atom. The van der Waals surface area contributed by atoms with Crippen molar-refractivity contribution in [3.8, 4) is 0 Å². The smallest absolute Gasteiger partial charge is 0.314 e. The zero-order valence-electron chi connectivity index (χ0n) is 7.00. The zero-order chi connectivity index (χ0) is 9.56. The van der Waals surface area contributed by atoms with Gasteiger partial charge in [0.15, 0.2) is 0 Å². The number of carbonyl (C=O) groups is 1. The summed E-state index contributed by atoms with van der Waals surface area (Å²) in [5.41, 5.74) is 0.494. The van der Waals surface area contributed by atoms with Crippen LogP contribution in [0.3, 0.4) is 0 Å². The van der Waals surface area contributed by atoms with Gasteiger partial charge < -0.3 is 4.90 Å². The summed E-state index contributed by atoms with van der Waals surface area (Å²) in [6, 6.07) is 0. The predicted octanol–water partition coefficient (Wildman–Crippen LogP) is 1.80. The molecule has 0 radical (unpaired) electrons. The van der Waals surface area contributed by atoms with E-state index >= 15 is 0 Å². The Kier molecular flexibility index (Phi) is 4.92. The summed E-state index contributed by atoms with van der Waals surface area (Å²) >= 11 is 0. The van der Waals surface area contributed by atoms with Crippen LogP contribution in [0.15, 0.2) is 23.9 Å². The molecule has 0 spiro atoms. The highest BCUT2D eigenvalue weighted by Crippen LogP contribution is 1.99. The molecule has 4 heteroatoms. The molecule has 0 heterocycles. The van der Waals surface area contributed by atoms with Gasteiger partial charge in [-0.15, -0.1) is 0 Å². The normalized spacial score (nSPS) is 12.6.